The van der Waals surface area contributed by atoms with Gasteiger partial charge in [-0.1, -0.05) is 6.82 Å². The standard InChI is InChI=1S/C10H12BF2N3/c1-6-14-7-3-4-8(11-2)15-10(7)16(6)5-9(12)13/h3-4,9,11H,5H2,1-2H3. The highest BCUT2D eigenvalue weighted by atomic mass is 19.3. The Morgan fingerprint density at radius 1 is 1.38 bits per heavy atom. The molecule has 16 heavy (non-hydrogen) atoms. The Hall–Kier alpha value is -1.46. The van der Waals surface area contributed by atoms with Crippen molar-refractivity contribution in [1.82, 2.24) is 14.5 Å². The molecule has 0 aliphatic rings. The number of aromatic nitrogens is 3. The minimum Gasteiger partial charge on any atom is -0.307 e. The average molecular weight is 223 g/mol. The Morgan fingerprint density at radius 2 is 2.12 bits per heavy atom. The third kappa shape index (κ3) is 1.92. The predicted molar refractivity (Wildman–Crippen MR) is 60.9 cm³/mol. The lowest BCUT2D eigenvalue weighted by molar-refractivity contribution is 0.127. The normalized spacial score (nSPS) is 11.3. The summed E-state index contributed by atoms with van der Waals surface area (Å²) in [6.45, 7) is 3.35. The first-order chi connectivity index (χ1) is 7.61. The van der Waals surface area contributed by atoms with Crippen LogP contribution < -0.4 is 5.59 Å². The second kappa shape index (κ2) is 4.19. The van der Waals surface area contributed by atoms with Crippen LogP contribution >= 0.6 is 0 Å². The lowest BCUT2D eigenvalue weighted by atomic mass is 9.78. The van der Waals surface area contributed by atoms with E-state index in [2.05, 4.69) is 9.97 Å². The highest BCUT2D eigenvalue weighted by molar-refractivity contribution is 6.50. The maximum absolute atomic E-state index is 12.4. The molecule has 84 valence electrons. The fourth-order valence-electron chi connectivity index (χ4n) is 1.71. The van der Waals surface area contributed by atoms with Crippen LogP contribution in [-0.2, 0) is 6.54 Å². The smallest absolute Gasteiger partial charge is 0.256 e. The molecular formula is C10H12BF2N3. The molecule has 0 saturated carbocycles. The van der Waals surface area contributed by atoms with E-state index >= 15 is 0 Å². The number of rotatable bonds is 3. The Labute approximate surface area is 92.7 Å². The van der Waals surface area contributed by atoms with Gasteiger partial charge in [-0.25, -0.2) is 18.7 Å². The lowest BCUT2D eigenvalue weighted by Gasteiger charge is -2.05. The van der Waals surface area contributed by atoms with Gasteiger partial charge in [0.1, 0.15) is 11.3 Å². The summed E-state index contributed by atoms with van der Waals surface area (Å²) >= 11 is 0. The van der Waals surface area contributed by atoms with Crippen molar-refractivity contribution >= 4 is 24.0 Å². The highest BCUT2D eigenvalue weighted by Gasteiger charge is 2.13. The summed E-state index contributed by atoms with van der Waals surface area (Å²) in [6, 6.07) is 3.71. The topological polar surface area (TPSA) is 30.7 Å². The van der Waals surface area contributed by atoms with Crippen molar-refractivity contribution in [2.75, 3.05) is 0 Å². The minimum atomic E-state index is -2.39. The molecule has 2 aromatic rings. The van der Waals surface area contributed by atoms with Gasteiger partial charge in [-0.05, 0) is 19.1 Å². The number of hydrogen-bond acceptors (Lipinski definition) is 2. The van der Waals surface area contributed by atoms with Crippen molar-refractivity contribution in [3.05, 3.63) is 18.0 Å². The number of hydrogen-bond donors (Lipinski definition) is 0. The van der Waals surface area contributed by atoms with Gasteiger partial charge in [-0.3, -0.25) is 0 Å². The van der Waals surface area contributed by atoms with Gasteiger partial charge in [0.05, 0.1) is 6.54 Å². The number of fused-ring (bicyclic) bond motifs is 1. The van der Waals surface area contributed by atoms with Gasteiger partial charge in [0, 0.05) is 5.59 Å². The third-order valence-electron chi connectivity index (χ3n) is 2.52. The van der Waals surface area contributed by atoms with Crippen molar-refractivity contribution in [1.29, 1.82) is 0 Å². The molecule has 2 aromatic heterocycles. The minimum absolute atomic E-state index is 0.345. The molecule has 0 amide bonds. The van der Waals surface area contributed by atoms with E-state index in [0.717, 1.165) is 12.9 Å². The van der Waals surface area contributed by atoms with Crippen LogP contribution in [0.25, 0.3) is 11.2 Å². The van der Waals surface area contributed by atoms with Crippen LogP contribution in [0.3, 0.4) is 0 Å². The van der Waals surface area contributed by atoms with E-state index in [9.17, 15) is 8.78 Å². The molecule has 0 aliphatic heterocycles. The summed E-state index contributed by atoms with van der Waals surface area (Å²) in [4.78, 5) is 8.54. The molecule has 0 N–H and O–H groups in total. The van der Waals surface area contributed by atoms with Crippen LogP contribution in [-0.4, -0.2) is 28.2 Å². The molecule has 0 spiro atoms. The zero-order valence-corrected chi connectivity index (χ0v) is 9.24. The second-order valence-electron chi connectivity index (χ2n) is 3.66. The van der Waals surface area contributed by atoms with Crippen molar-refractivity contribution < 1.29 is 8.78 Å². The first-order valence-corrected chi connectivity index (χ1v) is 5.22. The maximum Gasteiger partial charge on any atom is 0.256 e. The summed E-state index contributed by atoms with van der Waals surface area (Å²) in [5, 5.41) is 0. The van der Waals surface area contributed by atoms with E-state index in [0.29, 0.717) is 17.0 Å². The first kappa shape index (κ1) is 11.0. The van der Waals surface area contributed by atoms with Gasteiger partial charge in [-0.15, -0.1) is 0 Å². The molecular weight excluding hydrogens is 211 g/mol. The molecule has 0 radical (unpaired) electrons. The molecule has 0 aromatic carbocycles. The Balaban J connectivity index is 2.56. The van der Waals surface area contributed by atoms with Crippen LogP contribution in [0.1, 0.15) is 5.82 Å². The number of halogens is 2. The van der Waals surface area contributed by atoms with E-state index in [1.165, 1.54) is 4.57 Å². The maximum atomic E-state index is 12.4. The molecule has 2 rings (SSSR count). The van der Waals surface area contributed by atoms with Gasteiger partial charge in [0.15, 0.2) is 12.9 Å². The highest BCUT2D eigenvalue weighted by Crippen LogP contribution is 2.13. The lowest BCUT2D eigenvalue weighted by Crippen LogP contribution is -2.17. The molecule has 0 unspecified atom stereocenters. The van der Waals surface area contributed by atoms with Crippen LogP contribution in [0.4, 0.5) is 8.78 Å². The van der Waals surface area contributed by atoms with Crippen LogP contribution in [0.5, 0.6) is 0 Å². The number of alkyl halides is 2. The summed E-state index contributed by atoms with van der Waals surface area (Å²) in [6.07, 6.45) is -2.39. The summed E-state index contributed by atoms with van der Waals surface area (Å²) in [5.74, 6) is 0.580. The molecule has 0 bridgehead atoms. The molecule has 3 nitrogen and oxygen atoms in total. The summed E-state index contributed by atoms with van der Waals surface area (Å²) < 4.78 is 26.3. The van der Waals surface area contributed by atoms with Gasteiger partial charge in [0.25, 0.3) is 6.43 Å². The van der Waals surface area contributed by atoms with E-state index < -0.39 is 6.43 Å². The number of pyridine rings is 1. The quantitative estimate of drug-likeness (QED) is 0.730. The van der Waals surface area contributed by atoms with Crippen molar-refractivity contribution in [2.24, 2.45) is 0 Å². The van der Waals surface area contributed by atoms with E-state index in [4.69, 9.17) is 0 Å². The van der Waals surface area contributed by atoms with E-state index in [1.807, 2.05) is 19.0 Å². The Morgan fingerprint density at radius 3 is 2.75 bits per heavy atom. The largest absolute Gasteiger partial charge is 0.307 e. The zero-order chi connectivity index (χ0) is 11.7. The average Bonchev–Trinajstić information content (AvgIpc) is 2.54. The van der Waals surface area contributed by atoms with Crippen LogP contribution in [0.2, 0.25) is 6.82 Å². The zero-order valence-electron chi connectivity index (χ0n) is 9.24. The van der Waals surface area contributed by atoms with Crippen molar-refractivity contribution in [3.63, 3.8) is 0 Å². The predicted octanol–water partition coefficient (Wildman–Crippen LogP) is 1.11. The Bertz CT molecular complexity index is 510. The summed E-state index contributed by atoms with van der Waals surface area (Å²) in [7, 11) is 0.787. The Kier molecular flexibility index (Phi) is 2.89. The molecule has 0 saturated heterocycles. The third-order valence-corrected chi connectivity index (χ3v) is 2.52. The number of aryl methyl sites for hydroxylation is 1. The van der Waals surface area contributed by atoms with Crippen molar-refractivity contribution in [3.8, 4) is 0 Å². The first-order valence-electron chi connectivity index (χ1n) is 5.22. The molecule has 0 atom stereocenters. The molecule has 6 heteroatoms. The molecule has 2 heterocycles. The number of imidazole rings is 1. The van der Waals surface area contributed by atoms with Gasteiger partial charge in [-0.2, -0.15) is 0 Å². The van der Waals surface area contributed by atoms with Crippen LogP contribution in [0, 0.1) is 6.92 Å². The molecule has 0 fully saturated rings. The van der Waals surface area contributed by atoms with E-state index in [1.54, 1.807) is 6.92 Å². The fourth-order valence-corrected chi connectivity index (χ4v) is 1.71. The second-order valence-corrected chi connectivity index (χ2v) is 3.66. The van der Waals surface area contributed by atoms with E-state index in [-0.39, 0.29) is 6.54 Å². The monoisotopic (exact) mass is 223 g/mol. The van der Waals surface area contributed by atoms with Crippen molar-refractivity contribution in [2.45, 2.75) is 26.7 Å². The SMILES string of the molecule is CBc1ccc2nc(C)n(CC(F)F)c2n1. The fraction of sp³-hybridized carbons (Fsp3) is 0.400. The van der Waals surface area contributed by atoms with Gasteiger partial charge in [0.2, 0.25) is 0 Å². The van der Waals surface area contributed by atoms with Gasteiger partial charge < -0.3 is 4.57 Å². The number of nitrogens with zero attached hydrogens (tertiary/aromatic N) is 3. The molecule has 0 aliphatic carbocycles. The van der Waals surface area contributed by atoms with Gasteiger partial charge >= 0.3 is 0 Å². The van der Waals surface area contributed by atoms with Crippen LogP contribution in [0.15, 0.2) is 12.1 Å². The summed E-state index contributed by atoms with van der Waals surface area (Å²) in [5.41, 5.74) is 2.12.